The van der Waals surface area contributed by atoms with Crippen molar-refractivity contribution >= 4 is 34.3 Å². The van der Waals surface area contributed by atoms with Crippen LogP contribution in [0.4, 0.5) is 5.69 Å². The van der Waals surface area contributed by atoms with Gasteiger partial charge in [0.25, 0.3) is 0 Å². The Hall–Kier alpha value is -2.33. The Balaban J connectivity index is 2.07. The van der Waals surface area contributed by atoms with Crippen LogP contribution in [0.1, 0.15) is 6.92 Å². The molecule has 20 heavy (non-hydrogen) atoms. The summed E-state index contributed by atoms with van der Waals surface area (Å²) < 4.78 is 5.69. The molecule has 3 rings (SSSR count). The summed E-state index contributed by atoms with van der Waals surface area (Å²) in [7, 11) is 0. The number of hydrogen-bond donors (Lipinski definition) is 1. The van der Waals surface area contributed by atoms with Gasteiger partial charge in [-0.2, -0.15) is 0 Å². The van der Waals surface area contributed by atoms with Crippen molar-refractivity contribution in [3.8, 4) is 11.5 Å². The molecular weight excluding hydrogens is 276 g/mol. The maximum Gasteiger partial charge on any atom is 0.228 e. The third-order valence-corrected chi connectivity index (χ3v) is 3.14. The van der Waals surface area contributed by atoms with Crippen molar-refractivity contribution in [2.45, 2.75) is 6.92 Å². The maximum absolute atomic E-state index is 11.0. The number of carbonyl (C=O) groups excluding carboxylic acids is 1. The molecule has 0 fully saturated rings. The Labute approximate surface area is 120 Å². The van der Waals surface area contributed by atoms with Gasteiger partial charge in [-0.3, -0.25) is 4.79 Å². The molecule has 0 saturated heterocycles. The van der Waals surface area contributed by atoms with E-state index in [2.05, 4.69) is 10.3 Å². The van der Waals surface area contributed by atoms with Crippen LogP contribution >= 0.6 is 11.6 Å². The number of amides is 1. The van der Waals surface area contributed by atoms with E-state index < -0.39 is 0 Å². The summed E-state index contributed by atoms with van der Waals surface area (Å²) >= 11 is 6.13. The third-order valence-electron chi connectivity index (χ3n) is 2.81. The molecule has 0 atom stereocenters. The number of nitrogens with zero attached hydrogens (tertiary/aromatic N) is 1. The fourth-order valence-electron chi connectivity index (χ4n) is 1.96. The van der Waals surface area contributed by atoms with Crippen LogP contribution < -0.4 is 5.32 Å². The van der Waals surface area contributed by atoms with Crippen LogP contribution in [0.15, 0.2) is 46.9 Å². The normalized spacial score (nSPS) is 10.7. The monoisotopic (exact) mass is 286 g/mol. The lowest BCUT2D eigenvalue weighted by atomic mass is 10.2. The average molecular weight is 287 g/mol. The van der Waals surface area contributed by atoms with E-state index in [1.807, 2.05) is 18.2 Å². The number of oxazole rings is 1. The van der Waals surface area contributed by atoms with E-state index in [9.17, 15) is 4.79 Å². The summed E-state index contributed by atoms with van der Waals surface area (Å²) in [6.45, 7) is 1.46. The molecule has 5 heteroatoms. The molecule has 0 aliphatic rings. The van der Waals surface area contributed by atoms with Gasteiger partial charge in [0.2, 0.25) is 11.8 Å². The zero-order chi connectivity index (χ0) is 14.1. The Bertz CT molecular complexity index is 795. The highest BCUT2D eigenvalue weighted by Gasteiger charge is 2.11. The molecule has 1 N–H and O–H groups in total. The van der Waals surface area contributed by atoms with Gasteiger partial charge in [0.05, 0.1) is 10.6 Å². The smallest absolute Gasteiger partial charge is 0.228 e. The number of nitrogens with one attached hydrogen (secondary N) is 1. The number of hydrogen-bond acceptors (Lipinski definition) is 3. The van der Waals surface area contributed by atoms with Gasteiger partial charge in [-0.05, 0) is 30.3 Å². The minimum atomic E-state index is -0.126. The molecule has 0 saturated carbocycles. The first-order chi connectivity index (χ1) is 9.63. The van der Waals surface area contributed by atoms with Gasteiger partial charge >= 0.3 is 0 Å². The van der Waals surface area contributed by atoms with Crippen molar-refractivity contribution in [3.05, 3.63) is 47.5 Å². The number of halogens is 1. The third kappa shape index (κ3) is 2.38. The molecule has 0 spiro atoms. The SMILES string of the molecule is CC(=O)Nc1ccc2oc(-c3ccccc3Cl)nc2c1. The van der Waals surface area contributed by atoms with Crippen LogP contribution in [0, 0.1) is 0 Å². The molecule has 1 amide bonds. The van der Waals surface area contributed by atoms with Crippen molar-refractivity contribution in [1.82, 2.24) is 4.98 Å². The number of fused-ring (bicyclic) bond motifs is 1. The van der Waals surface area contributed by atoms with Crippen molar-refractivity contribution < 1.29 is 9.21 Å². The molecule has 0 aliphatic carbocycles. The molecule has 0 bridgehead atoms. The number of benzene rings is 2. The number of aromatic nitrogens is 1. The van der Waals surface area contributed by atoms with Gasteiger partial charge in [0.1, 0.15) is 5.52 Å². The van der Waals surface area contributed by atoms with Gasteiger partial charge in [0, 0.05) is 12.6 Å². The number of anilines is 1. The van der Waals surface area contributed by atoms with Gasteiger partial charge < -0.3 is 9.73 Å². The van der Waals surface area contributed by atoms with Gasteiger partial charge in [-0.1, -0.05) is 23.7 Å². The molecular formula is C15H11ClN2O2. The molecule has 100 valence electrons. The Morgan fingerprint density at radius 1 is 1.25 bits per heavy atom. The minimum absolute atomic E-state index is 0.126. The van der Waals surface area contributed by atoms with Gasteiger partial charge in [-0.25, -0.2) is 4.98 Å². The average Bonchev–Trinajstić information content (AvgIpc) is 2.81. The Morgan fingerprint density at radius 2 is 2.05 bits per heavy atom. The van der Waals surface area contributed by atoms with Gasteiger partial charge in [0.15, 0.2) is 5.58 Å². The van der Waals surface area contributed by atoms with Crippen LogP contribution in [0.2, 0.25) is 5.02 Å². The topological polar surface area (TPSA) is 55.1 Å². The zero-order valence-corrected chi connectivity index (χ0v) is 11.4. The Morgan fingerprint density at radius 3 is 2.80 bits per heavy atom. The first kappa shape index (κ1) is 12.7. The van der Waals surface area contributed by atoms with E-state index in [1.165, 1.54) is 6.92 Å². The summed E-state index contributed by atoms with van der Waals surface area (Å²) in [6.07, 6.45) is 0. The standard InChI is InChI=1S/C15H11ClN2O2/c1-9(19)17-10-6-7-14-13(8-10)18-15(20-14)11-4-2-3-5-12(11)16/h2-8H,1H3,(H,17,19). The largest absolute Gasteiger partial charge is 0.436 e. The predicted molar refractivity (Wildman–Crippen MR) is 78.8 cm³/mol. The molecule has 0 aliphatic heterocycles. The van der Waals surface area contributed by atoms with Crippen LogP contribution in [-0.4, -0.2) is 10.9 Å². The van der Waals surface area contributed by atoms with E-state index in [1.54, 1.807) is 24.3 Å². The maximum atomic E-state index is 11.0. The zero-order valence-electron chi connectivity index (χ0n) is 10.7. The fourth-order valence-corrected chi connectivity index (χ4v) is 2.17. The van der Waals surface area contributed by atoms with Crippen LogP contribution in [-0.2, 0) is 4.79 Å². The molecule has 1 heterocycles. The lowest BCUT2D eigenvalue weighted by molar-refractivity contribution is -0.114. The molecule has 1 aromatic heterocycles. The number of carbonyl (C=O) groups is 1. The first-order valence-electron chi connectivity index (χ1n) is 6.06. The molecule has 4 nitrogen and oxygen atoms in total. The van der Waals surface area contributed by atoms with Crippen molar-refractivity contribution in [1.29, 1.82) is 0 Å². The molecule has 3 aromatic rings. The van der Waals surface area contributed by atoms with E-state index in [4.69, 9.17) is 16.0 Å². The van der Waals surface area contributed by atoms with E-state index in [-0.39, 0.29) is 5.91 Å². The van der Waals surface area contributed by atoms with Crippen LogP contribution in [0.5, 0.6) is 0 Å². The number of rotatable bonds is 2. The highest BCUT2D eigenvalue weighted by molar-refractivity contribution is 6.33. The van der Waals surface area contributed by atoms with E-state index in [0.29, 0.717) is 27.7 Å². The Kier molecular flexibility index (Phi) is 3.16. The predicted octanol–water partition coefficient (Wildman–Crippen LogP) is 4.11. The van der Waals surface area contributed by atoms with Crippen molar-refractivity contribution in [2.24, 2.45) is 0 Å². The van der Waals surface area contributed by atoms with Crippen LogP contribution in [0.25, 0.3) is 22.6 Å². The fraction of sp³-hybridized carbons (Fsp3) is 0.0667. The summed E-state index contributed by atoms with van der Waals surface area (Å²) in [5, 5.41) is 3.30. The lowest BCUT2D eigenvalue weighted by Crippen LogP contribution is -2.05. The van der Waals surface area contributed by atoms with E-state index >= 15 is 0 Å². The molecule has 0 unspecified atom stereocenters. The first-order valence-corrected chi connectivity index (χ1v) is 6.44. The minimum Gasteiger partial charge on any atom is -0.436 e. The van der Waals surface area contributed by atoms with Crippen molar-refractivity contribution in [3.63, 3.8) is 0 Å². The molecule has 2 aromatic carbocycles. The van der Waals surface area contributed by atoms with Crippen LogP contribution in [0.3, 0.4) is 0 Å². The summed E-state index contributed by atoms with van der Waals surface area (Å²) in [5.41, 5.74) is 2.75. The second-order valence-corrected chi connectivity index (χ2v) is 4.77. The quantitative estimate of drug-likeness (QED) is 0.771. The second kappa shape index (κ2) is 4.98. The summed E-state index contributed by atoms with van der Waals surface area (Å²) in [5.74, 6) is 0.338. The summed E-state index contributed by atoms with van der Waals surface area (Å²) in [4.78, 5) is 15.5. The highest BCUT2D eigenvalue weighted by Crippen LogP contribution is 2.30. The second-order valence-electron chi connectivity index (χ2n) is 4.36. The van der Waals surface area contributed by atoms with Gasteiger partial charge in [-0.15, -0.1) is 0 Å². The highest BCUT2D eigenvalue weighted by atomic mass is 35.5. The van der Waals surface area contributed by atoms with E-state index in [0.717, 1.165) is 5.56 Å². The summed E-state index contributed by atoms with van der Waals surface area (Å²) in [6, 6.07) is 12.7. The molecule has 0 radical (unpaired) electrons. The lowest BCUT2D eigenvalue weighted by Gasteiger charge is -1.99. The van der Waals surface area contributed by atoms with Crippen molar-refractivity contribution in [2.75, 3.05) is 5.32 Å².